The molecule has 0 spiro atoms. The van der Waals surface area contributed by atoms with Crippen LogP contribution in [0.5, 0.6) is 0 Å². The van der Waals surface area contributed by atoms with Gasteiger partial charge in [-0.05, 0) is 24.2 Å². The van der Waals surface area contributed by atoms with Crippen LogP contribution >= 0.6 is 0 Å². The highest BCUT2D eigenvalue weighted by Crippen LogP contribution is 2.40. The monoisotopic (exact) mass is 238 g/mol. The van der Waals surface area contributed by atoms with E-state index < -0.39 is 0 Å². The van der Waals surface area contributed by atoms with Gasteiger partial charge in [-0.1, -0.05) is 85.0 Å². The molecule has 1 aliphatic rings. The molecule has 102 valence electrons. The number of hydrogen-bond donors (Lipinski definition) is 0. The smallest absolute Gasteiger partial charge is 0.0300 e. The molecule has 0 heterocycles. The summed E-state index contributed by atoms with van der Waals surface area (Å²) in [7, 11) is 0. The summed E-state index contributed by atoms with van der Waals surface area (Å²) < 4.78 is 0. The SMILES string of the molecule is CCCC1(C)CCCCCCCCCCC1C. The van der Waals surface area contributed by atoms with Crippen molar-refractivity contribution in [2.24, 2.45) is 11.3 Å². The summed E-state index contributed by atoms with van der Waals surface area (Å²) in [5, 5.41) is 0. The second kappa shape index (κ2) is 8.16. The summed E-state index contributed by atoms with van der Waals surface area (Å²) in [6, 6.07) is 0. The summed E-state index contributed by atoms with van der Waals surface area (Å²) in [5.41, 5.74) is 0.633. The quantitative estimate of drug-likeness (QED) is 0.526. The van der Waals surface area contributed by atoms with Crippen molar-refractivity contribution in [3.8, 4) is 0 Å². The number of rotatable bonds is 2. The van der Waals surface area contributed by atoms with Crippen molar-refractivity contribution in [2.75, 3.05) is 0 Å². The molecule has 0 saturated heterocycles. The van der Waals surface area contributed by atoms with Gasteiger partial charge in [0.05, 0.1) is 0 Å². The van der Waals surface area contributed by atoms with Gasteiger partial charge in [0.15, 0.2) is 0 Å². The molecule has 1 saturated carbocycles. The van der Waals surface area contributed by atoms with Gasteiger partial charge >= 0.3 is 0 Å². The predicted octanol–water partition coefficient (Wildman–Crippen LogP) is 6.34. The van der Waals surface area contributed by atoms with Gasteiger partial charge in [0, 0.05) is 0 Å². The van der Waals surface area contributed by atoms with Crippen LogP contribution in [-0.4, -0.2) is 0 Å². The zero-order valence-electron chi connectivity index (χ0n) is 12.6. The van der Waals surface area contributed by atoms with E-state index in [0.717, 1.165) is 5.92 Å². The van der Waals surface area contributed by atoms with E-state index in [1.165, 1.54) is 77.0 Å². The average molecular weight is 238 g/mol. The lowest BCUT2D eigenvalue weighted by atomic mass is 9.69. The van der Waals surface area contributed by atoms with Crippen LogP contribution in [-0.2, 0) is 0 Å². The first-order valence-corrected chi connectivity index (χ1v) is 8.19. The molecular weight excluding hydrogens is 204 g/mol. The van der Waals surface area contributed by atoms with Crippen LogP contribution in [0.15, 0.2) is 0 Å². The van der Waals surface area contributed by atoms with Gasteiger partial charge in [-0.2, -0.15) is 0 Å². The standard InChI is InChI=1S/C17H34/c1-4-14-17(3)15-12-10-8-6-5-7-9-11-13-16(17)2/h16H,4-15H2,1-3H3. The van der Waals surface area contributed by atoms with E-state index in [9.17, 15) is 0 Å². The minimum Gasteiger partial charge on any atom is -0.0654 e. The van der Waals surface area contributed by atoms with E-state index in [1.54, 1.807) is 0 Å². The Morgan fingerprint density at radius 1 is 0.882 bits per heavy atom. The zero-order valence-corrected chi connectivity index (χ0v) is 12.6. The molecule has 0 aliphatic heterocycles. The molecule has 17 heavy (non-hydrogen) atoms. The Hall–Kier alpha value is 0. The van der Waals surface area contributed by atoms with Crippen LogP contribution in [0.3, 0.4) is 0 Å². The highest BCUT2D eigenvalue weighted by atomic mass is 14.3. The summed E-state index contributed by atoms with van der Waals surface area (Å²) in [6.45, 7) is 7.43. The van der Waals surface area contributed by atoms with Gasteiger partial charge in [0.2, 0.25) is 0 Å². The Morgan fingerprint density at radius 2 is 1.41 bits per heavy atom. The van der Waals surface area contributed by atoms with E-state index in [0.29, 0.717) is 5.41 Å². The lowest BCUT2D eigenvalue weighted by Crippen LogP contribution is -2.25. The third-order valence-corrected chi connectivity index (χ3v) is 5.15. The lowest BCUT2D eigenvalue weighted by Gasteiger charge is -2.36. The largest absolute Gasteiger partial charge is 0.0654 e. The van der Waals surface area contributed by atoms with Gasteiger partial charge in [-0.25, -0.2) is 0 Å². The van der Waals surface area contributed by atoms with Gasteiger partial charge in [-0.3, -0.25) is 0 Å². The molecule has 0 aromatic heterocycles. The Morgan fingerprint density at radius 3 is 2.00 bits per heavy atom. The van der Waals surface area contributed by atoms with E-state index in [-0.39, 0.29) is 0 Å². The van der Waals surface area contributed by atoms with Crippen molar-refractivity contribution < 1.29 is 0 Å². The summed E-state index contributed by atoms with van der Waals surface area (Å²) in [5.74, 6) is 0.932. The first-order valence-electron chi connectivity index (χ1n) is 8.19. The van der Waals surface area contributed by atoms with Gasteiger partial charge in [0.25, 0.3) is 0 Å². The van der Waals surface area contributed by atoms with E-state index in [1.807, 2.05) is 0 Å². The Bertz CT molecular complexity index is 184. The van der Waals surface area contributed by atoms with Crippen LogP contribution in [0.25, 0.3) is 0 Å². The maximum Gasteiger partial charge on any atom is -0.0300 e. The maximum atomic E-state index is 2.56. The summed E-state index contributed by atoms with van der Waals surface area (Å²) in [4.78, 5) is 0. The van der Waals surface area contributed by atoms with Gasteiger partial charge < -0.3 is 0 Å². The van der Waals surface area contributed by atoms with Crippen LogP contribution in [0.4, 0.5) is 0 Å². The molecule has 0 radical (unpaired) electrons. The molecule has 0 amide bonds. The van der Waals surface area contributed by atoms with Crippen molar-refractivity contribution in [1.29, 1.82) is 0 Å². The summed E-state index contributed by atoms with van der Waals surface area (Å²) in [6.07, 6.45) is 17.6. The highest BCUT2D eigenvalue weighted by Gasteiger charge is 2.29. The fraction of sp³-hybridized carbons (Fsp3) is 1.00. The third kappa shape index (κ3) is 5.44. The Labute approximate surface area is 110 Å². The van der Waals surface area contributed by atoms with Crippen molar-refractivity contribution in [3.05, 3.63) is 0 Å². The lowest BCUT2D eigenvalue weighted by molar-refractivity contribution is 0.146. The highest BCUT2D eigenvalue weighted by molar-refractivity contribution is 4.80. The van der Waals surface area contributed by atoms with Crippen LogP contribution in [0.2, 0.25) is 0 Å². The molecule has 1 rings (SSSR count). The molecule has 0 nitrogen and oxygen atoms in total. The molecule has 0 aromatic rings. The average Bonchev–Trinajstić information content (AvgIpc) is 2.30. The third-order valence-electron chi connectivity index (χ3n) is 5.15. The zero-order chi connectivity index (χ0) is 12.6. The molecule has 0 aromatic carbocycles. The first-order chi connectivity index (χ1) is 8.19. The molecule has 1 aliphatic carbocycles. The van der Waals surface area contributed by atoms with Crippen molar-refractivity contribution in [2.45, 2.75) is 97.8 Å². The van der Waals surface area contributed by atoms with Gasteiger partial charge in [-0.15, -0.1) is 0 Å². The van der Waals surface area contributed by atoms with Crippen LogP contribution in [0, 0.1) is 11.3 Å². The van der Waals surface area contributed by atoms with E-state index in [4.69, 9.17) is 0 Å². The fourth-order valence-electron chi connectivity index (χ4n) is 3.58. The molecular formula is C17H34. The molecule has 0 heteroatoms. The molecule has 2 atom stereocenters. The van der Waals surface area contributed by atoms with Crippen molar-refractivity contribution >= 4 is 0 Å². The van der Waals surface area contributed by atoms with Crippen LogP contribution < -0.4 is 0 Å². The first kappa shape index (κ1) is 15.1. The van der Waals surface area contributed by atoms with E-state index >= 15 is 0 Å². The second-order valence-corrected chi connectivity index (χ2v) is 6.67. The molecule has 1 fully saturated rings. The molecule has 0 N–H and O–H groups in total. The van der Waals surface area contributed by atoms with Crippen molar-refractivity contribution in [3.63, 3.8) is 0 Å². The van der Waals surface area contributed by atoms with Crippen molar-refractivity contribution in [1.82, 2.24) is 0 Å². The van der Waals surface area contributed by atoms with Crippen LogP contribution in [0.1, 0.15) is 97.8 Å². The number of hydrogen-bond acceptors (Lipinski definition) is 0. The minimum atomic E-state index is 0.633. The Balaban J connectivity index is 2.50. The molecule has 0 bridgehead atoms. The maximum absolute atomic E-state index is 2.56. The minimum absolute atomic E-state index is 0.633. The Kier molecular flexibility index (Phi) is 7.23. The predicted molar refractivity (Wildman–Crippen MR) is 78.3 cm³/mol. The normalized spacial score (nSPS) is 33.7. The van der Waals surface area contributed by atoms with Gasteiger partial charge in [0.1, 0.15) is 0 Å². The van der Waals surface area contributed by atoms with E-state index in [2.05, 4.69) is 20.8 Å². The fourth-order valence-corrected chi connectivity index (χ4v) is 3.58. The topological polar surface area (TPSA) is 0 Å². The second-order valence-electron chi connectivity index (χ2n) is 6.67. The molecule has 2 unspecified atom stereocenters. The summed E-state index contributed by atoms with van der Waals surface area (Å²) >= 11 is 0.